The van der Waals surface area contributed by atoms with Crippen LogP contribution in [0, 0.1) is 0 Å². The molecule has 0 amide bonds. The van der Waals surface area contributed by atoms with Gasteiger partial charge in [-0.05, 0) is 24.6 Å². The van der Waals surface area contributed by atoms with E-state index in [1.807, 2.05) is 0 Å². The van der Waals surface area contributed by atoms with Gasteiger partial charge in [0.2, 0.25) is 0 Å². The molecule has 2 N–H and O–H groups in total. The van der Waals surface area contributed by atoms with Gasteiger partial charge in [0.05, 0.1) is 13.7 Å². The fraction of sp³-hybridized carbons (Fsp3) is 0.417. The third-order valence-electron chi connectivity index (χ3n) is 2.45. The van der Waals surface area contributed by atoms with E-state index in [0.717, 1.165) is 13.2 Å². The summed E-state index contributed by atoms with van der Waals surface area (Å²) in [5.74, 6) is -2.70. The Morgan fingerprint density at radius 2 is 2.00 bits per heavy atom. The zero-order chi connectivity index (χ0) is 15.5. The lowest BCUT2D eigenvalue weighted by molar-refractivity contribution is -0.153. The summed E-state index contributed by atoms with van der Waals surface area (Å²) in [5.41, 5.74) is -1.79. The second-order valence-corrected chi connectivity index (χ2v) is 3.77. The number of carbonyl (C=O) groups is 1. The van der Waals surface area contributed by atoms with E-state index in [-0.39, 0.29) is 12.2 Å². The van der Waals surface area contributed by atoms with Crippen LogP contribution in [0.1, 0.15) is 24.2 Å². The Hall–Kier alpha value is -1.96. The highest BCUT2D eigenvalue weighted by atomic mass is 19.4. The number of carbonyl (C=O) groups excluding carboxylic acids is 1. The van der Waals surface area contributed by atoms with Crippen LogP contribution in [0.2, 0.25) is 0 Å². The lowest BCUT2D eigenvalue weighted by Crippen LogP contribution is -2.17. The fourth-order valence-corrected chi connectivity index (χ4v) is 1.52. The molecule has 5 nitrogen and oxygen atoms in total. The van der Waals surface area contributed by atoms with Crippen molar-refractivity contribution in [2.24, 2.45) is 0 Å². The van der Waals surface area contributed by atoms with Gasteiger partial charge in [-0.25, -0.2) is 4.79 Å². The number of alkyl halides is 3. The summed E-state index contributed by atoms with van der Waals surface area (Å²) in [4.78, 5) is 11.3. The largest absolute Gasteiger partial charge is 0.504 e. The Balaban J connectivity index is 3.32. The highest BCUT2D eigenvalue weighted by Gasteiger charge is 2.37. The summed E-state index contributed by atoms with van der Waals surface area (Å²) in [5, 5.41) is 19.1. The zero-order valence-electron chi connectivity index (χ0n) is 10.7. The second-order valence-electron chi connectivity index (χ2n) is 3.77. The molecule has 0 fully saturated rings. The maximum absolute atomic E-state index is 12.7. The average molecular weight is 294 g/mol. The molecule has 0 saturated carbocycles. The monoisotopic (exact) mass is 294 g/mol. The Kier molecular flexibility index (Phi) is 4.83. The number of ether oxygens (including phenoxy) is 2. The summed E-state index contributed by atoms with van der Waals surface area (Å²) < 4.78 is 47.3. The van der Waals surface area contributed by atoms with E-state index in [0.29, 0.717) is 6.07 Å². The number of hydrogen-bond donors (Lipinski definition) is 2. The molecule has 0 heterocycles. The van der Waals surface area contributed by atoms with Crippen molar-refractivity contribution in [1.29, 1.82) is 0 Å². The Morgan fingerprint density at radius 1 is 1.40 bits per heavy atom. The van der Waals surface area contributed by atoms with E-state index in [1.165, 1.54) is 6.92 Å². The van der Waals surface area contributed by atoms with Crippen molar-refractivity contribution in [3.05, 3.63) is 23.3 Å². The molecular formula is C12H13F3O5. The number of methoxy groups -OCH3 is 1. The lowest BCUT2D eigenvalue weighted by Gasteiger charge is -2.16. The molecule has 8 heteroatoms. The van der Waals surface area contributed by atoms with Gasteiger partial charge in [-0.15, -0.1) is 0 Å². The van der Waals surface area contributed by atoms with Crippen LogP contribution in [0.5, 0.6) is 11.5 Å². The number of aliphatic hydroxyl groups excluding tert-OH is 1. The van der Waals surface area contributed by atoms with Gasteiger partial charge >= 0.3 is 12.1 Å². The van der Waals surface area contributed by atoms with Crippen LogP contribution in [0.3, 0.4) is 0 Å². The van der Waals surface area contributed by atoms with E-state index in [1.54, 1.807) is 0 Å². The summed E-state index contributed by atoms with van der Waals surface area (Å²) in [6.07, 6.45) is -6.76. The van der Waals surface area contributed by atoms with E-state index in [9.17, 15) is 28.2 Å². The van der Waals surface area contributed by atoms with Crippen molar-refractivity contribution in [2.45, 2.75) is 19.2 Å². The molecule has 1 aromatic rings. The molecular weight excluding hydrogens is 281 g/mol. The van der Waals surface area contributed by atoms with Crippen molar-refractivity contribution in [3.8, 4) is 11.5 Å². The van der Waals surface area contributed by atoms with Gasteiger partial charge in [0.25, 0.3) is 0 Å². The molecule has 0 aromatic heterocycles. The Bertz CT molecular complexity index is 499. The summed E-state index contributed by atoms with van der Waals surface area (Å²) in [6, 6.07) is 1.41. The molecule has 0 bridgehead atoms. The van der Waals surface area contributed by atoms with Crippen LogP contribution in [0.4, 0.5) is 13.2 Å². The van der Waals surface area contributed by atoms with Crippen LogP contribution >= 0.6 is 0 Å². The number of aromatic hydroxyl groups is 1. The van der Waals surface area contributed by atoms with Gasteiger partial charge in [-0.3, -0.25) is 0 Å². The van der Waals surface area contributed by atoms with Gasteiger partial charge in [0, 0.05) is 0 Å². The van der Waals surface area contributed by atoms with E-state index in [4.69, 9.17) is 0 Å². The minimum Gasteiger partial charge on any atom is -0.504 e. The van der Waals surface area contributed by atoms with Crippen LogP contribution in [0.15, 0.2) is 12.1 Å². The number of benzene rings is 1. The summed E-state index contributed by atoms with van der Waals surface area (Å²) >= 11 is 0. The molecule has 0 aliphatic rings. The zero-order valence-corrected chi connectivity index (χ0v) is 10.7. The van der Waals surface area contributed by atoms with E-state index in [2.05, 4.69) is 9.47 Å². The third kappa shape index (κ3) is 3.32. The number of rotatable bonds is 4. The smallest absolute Gasteiger partial charge is 0.420 e. The van der Waals surface area contributed by atoms with E-state index >= 15 is 0 Å². The minimum atomic E-state index is -4.86. The summed E-state index contributed by atoms with van der Waals surface area (Å²) in [6.45, 7) is 1.46. The van der Waals surface area contributed by atoms with Crippen LogP contribution in [0.25, 0.3) is 0 Å². The van der Waals surface area contributed by atoms with Crippen molar-refractivity contribution < 1.29 is 37.7 Å². The number of halogens is 3. The lowest BCUT2D eigenvalue weighted by atomic mass is 10.0. The van der Waals surface area contributed by atoms with Gasteiger partial charge in [0.1, 0.15) is 5.56 Å². The predicted octanol–water partition coefficient (Wildman–Crippen LogP) is 2.02. The molecule has 0 spiro atoms. The second kappa shape index (κ2) is 6.00. The molecule has 20 heavy (non-hydrogen) atoms. The van der Waals surface area contributed by atoms with Gasteiger partial charge < -0.3 is 19.7 Å². The first kappa shape index (κ1) is 16.1. The summed E-state index contributed by atoms with van der Waals surface area (Å²) in [7, 11) is 1.05. The Morgan fingerprint density at radius 3 is 2.45 bits per heavy atom. The van der Waals surface area contributed by atoms with Crippen molar-refractivity contribution >= 4 is 5.97 Å². The highest BCUT2D eigenvalue weighted by Crippen LogP contribution is 2.42. The maximum Gasteiger partial charge on any atom is 0.420 e. The quantitative estimate of drug-likeness (QED) is 0.831. The number of esters is 1. The first-order valence-electron chi connectivity index (χ1n) is 5.55. The standard InChI is InChI=1S/C12H13F3O5/c1-3-20-11(18)9(16)6-4-7(12(13,14)15)10(17)8(5-6)19-2/h4-5,9,16-17H,3H2,1-2H3. The van der Waals surface area contributed by atoms with Crippen LogP contribution in [-0.2, 0) is 15.7 Å². The number of hydrogen-bond acceptors (Lipinski definition) is 5. The Labute approximate surface area is 112 Å². The van der Waals surface area contributed by atoms with Gasteiger partial charge in [-0.2, -0.15) is 13.2 Å². The number of phenolic OH excluding ortho intramolecular Hbond substituents is 1. The minimum absolute atomic E-state index is 0.0305. The van der Waals surface area contributed by atoms with Crippen molar-refractivity contribution in [1.82, 2.24) is 0 Å². The number of aliphatic hydroxyl groups is 1. The topological polar surface area (TPSA) is 76.0 Å². The molecule has 1 unspecified atom stereocenters. The predicted molar refractivity (Wildman–Crippen MR) is 61.3 cm³/mol. The molecule has 112 valence electrons. The van der Waals surface area contributed by atoms with Crippen LogP contribution < -0.4 is 4.74 Å². The molecule has 0 aliphatic carbocycles. The average Bonchev–Trinajstić information content (AvgIpc) is 2.37. The van der Waals surface area contributed by atoms with Crippen LogP contribution in [-0.4, -0.2) is 29.9 Å². The first-order valence-corrected chi connectivity index (χ1v) is 5.55. The number of phenols is 1. The van der Waals surface area contributed by atoms with E-state index < -0.39 is 35.3 Å². The van der Waals surface area contributed by atoms with Crippen molar-refractivity contribution in [2.75, 3.05) is 13.7 Å². The normalized spacial score (nSPS) is 12.9. The van der Waals surface area contributed by atoms with Crippen molar-refractivity contribution in [3.63, 3.8) is 0 Å². The fourth-order valence-electron chi connectivity index (χ4n) is 1.52. The molecule has 0 saturated heterocycles. The molecule has 0 aliphatic heterocycles. The SMILES string of the molecule is CCOC(=O)C(O)c1cc(OC)c(O)c(C(F)(F)F)c1. The maximum atomic E-state index is 12.7. The van der Waals surface area contributed by atoms with Gasteiger partial charge in [0.15, 0.2) is 17.6 Å². The first-order chi connectivity index (χ1) is 9.22. The molecule has 1 atom stereocenters. The third-order valence-corrected chi connectivity index (χ3v) is 2.45. The molecule has 0 radical (unpaired) electrons. The highest BCUT2D eigenvalue weighted by molar-refractivity contribution is 5.76. The van der Waals surface area contributed by atoms with Gasteiger partial charge in [-0.1, -0.05) is 0 Å². The molecule has 1 rings (SSSR count). The molecule has 1 aromatic carbocycles.